The first kappa shape index (κ1) is 37.8. The van der Waals surface area contributed by atoms with Crippen molar-refractivity contribution in [1.82, 2.24) is 10.6 Å². The van der Waals surface area contributed by atoms with Crippen molar-refractivity contribution in [3.05, 3.63) is 167 Å². The lowest BCUT2D eigenvalue weighted by Crippen LogP contribution is -2.47. The molecule has 0 bridgehead atoms. The number of anilines is 2. The van der Waals surface area contributed by atoms with Gasteiger partial charge in [-0.2, -0.15) is 0 Å². The largest absolute Gasteiger partial charge is 0.465 e. The Morgan fingerprint density at radius 1 is 0.759 bits per heavy atom. The summed E-state index contributed by atoms with van der Waals surface area (Å²) < 4.78 is 6.32. The van der Waals surface area contributed by atoms with Gasteiger partial charge in [-0.05, 0) is 65.6 Å². The van der Waals surface area contributed by atoms with E-state index in [1.165, 1.54) is 0 Å². The van der Waals surface area contributed by atoms with Crippen LogP contribution >= 0.6 is 0 Å². The van der Waals surface area contributed by atoms with E-state index in [0.717, 1.165) is 52.8 Å². The number of amides is 4. The minimum absolute atomic E-state index is 0.0181. The van der Waals surface area contributed by atoms with Crippen LogP contribution in [0.4, 0.5) is 21.0 Å². The van der Waals surface area contributed by atoms with E-state index in [1.54, 1.807) is 4.90 Å². The van der Waals surface area contributed by atoms with Gasteiger partial charge in [-0.25, -0.2) is 9.59 Å². The number of primary amides is 1. The summed E-state index contributed by atoms with van der Waals surface area (Å²) in [4.78, 5) is 40.1. The smallest absolute Gasteiger partial charge is 0.405 e. The molecule has 6 rings (SSSR count). The molecule has 1 aliphatic rings. The molecule has 278 valence electrons. The maximum absolute atomic E-state index is 14.0. The van der Waals surface area contributed by atoms with Crippen molar-refractivity contribution in [2.24, 2.45) is 5.73 Å². The van der Waals surface area contributed by atoms with Crippen LogP contribution in [0.2, 0.25) is 0 Å². The van der Waals surface area contributed by atoms with Crippen LogP contribution in [0.3, 0.4) is 0 Å². The van der Waals surface area contributed by atoms with Crippen LogP contribution in [0.1, 0.15) is 46.6 Å². The van der Waals surface area contributed by atoms with Gasteiger partial charge in [0.25, 0.3) is 0 Å². The number of rotatable bonds is 15. The van der Waals surface area contributed by atoms with Crippen LogP contribution in [0.25, 0.3) is 0 Å². The highest BCUT2D eigenvalue weighted by Crippen LogP contribution is 2.30. The lowest BCUT2D eigenvalue weighted by atomic mass is 9.84. The fourth-order valence-corrected chi connectivity index (χ4v) is 7.12. The number of hydrogen-bond donors (Lipinski definition) is 5. The molecule has 5 aromatic carbocycles. The molecule has 0 aliphatic carbocycles. The zero-order valence-corrected chi connectivity index (χ0v) is 30.1. The molecule has 0 aromatic heterocycles. The number of carbonyl (C=O) groups is 3. The van der Waals surface area contributed by atoms with Gasteiger partial charge in [-0.15, -0.1) is 0 Å². The minimum Gasteiger partial charge on any atom is -0.465 e. The minimum atomic E-state index is -1.28. The van der Waals surface area contributed by atoms with Crippen LogP contribution in [0.5, 0.6) is 0 Å². The molecule has 6 N–H and O–H groups in total. The maximum Gasteiger partial charge on any atom is 0.405 e. The molecule has 5 aromatic rings. The summed E-state index contributed by atoms with van der Waals surface area (Å²) in [6.45, 7) is 1.63. The normalized spacial score (nSPS) is 15.9. The highest BCUT2D eigenvalue weighted by Gasteiger charge is 2.33. The van der Waals surface area contributed by atoms with Crippen molar-refractivity contribution >= 4 is 29.4 Å². The van der Waals surface area contributed by atoms with E-state index >= 15 is 0 Å². The topological polar surface area (TPSA) is 146 Å². The molecule has 0 unspecified atom stereocenters. The summed E-state index contributed by atoms with van der Waals surface area (Å²) in [6, 6.07) is 42.8. The van der Waals surface area contributed by atoms with Gasteiger partial charge in [0, 0.05) is 29.9 Å². The standard InChI is InChI=1S/C44H47N5O5/c45-43(51)49(29-31-14-4-1-5-15-31)39-23-13-11-17-33(39)24-26-36-30-54-37(28-46-36)27-25-32-16-10-12-22-38(32)47-42(50)41(48-44(52)53)40(34-18-6-2-7-19-34)35-20-8-3-9-21-35/h1-23,36-37,40-41,46,48H,24-30H2,(H2,45,51)(H,47,50)(H,52,53)/t36-,37-,41+/m1/s1. The van der Waals surface area contributed by atoms with Gasteiger partial charge in [0.1, 0.15) is 6.04 Å². The quantitative estimate of drug-likeness (QED) is 0.0779. The fourth-order valence-electron chi connectivity index (χ4n) is 7.12. The Morgan fingerprint density at radius 3 is 1.94 bits per heavy atom. The number of morpholine rings is 1. The molecule has 1 fully saturated rings. The number of nitrogens with one attached hydrogen (secondary N) is 3. The van der Waals surface area contributed by atoms with E-state index in [-0.39, 0.29) is 12.1 Å². The molecule has 0 radical (unpaired) electrons. The Labute approximate surface area is 316 Å². The predicted molar refractivity (Wildman–Crippen MR) is 212 cm³/mol. The van der Waals surface area contributed by atoms with Gasteiger partial charge in [-0.1, -0.05) is 127 Å². The molecule has 1 heterocycles. The SMILES string of the molecule is NC(=O)N(Cc1ccccc1)c1ccccc1CC[C@@H]1CO[C@H](CCc2ccccc2NC(=O)[C@@H](NC(=O)O)C(c2ccccc2)c2ccccc2)CN1. The second kappa shape index (κ2) is 18.7. The van der Waals surface area contributed by atoms with Crippen LogP contribution in [-0.4, -0.2) is 54.5 Å². The first-order chi connectivity index (χ1) is 26.4. The number of carboxylic acid groups (broad SMARTS) is 1. The van der Waals surface area contributed by atoms with Crippen molar-refractivity contribution in [3.63, 3.8) is 0 Å². The number of nitrogens with two attached hydrogens (primary N) is 1. The first-order valence-electron chi connectivity index (χ1n) is 18.4. The number of hydrogen-bond acceptors (Lipinski definition) is 5. The lowest BCUT2D eigenvalue weighted by Gasteiger charge is -2.31. The molecule has 3 atom stereocenters. The van der Waals surface area contributed by atoms with E-state index in [2.05, 4.69) is 16.0 Å². The summed E-state index contributed by atoms with van der Waals surface area (Å²) >= 11 is 0. The zero-order chi connectivity index (χ0) is 37.7. The summed E-state index contributed by atoms with van der Waals surface area (Å²) in [5.74, 6) is -0.989. The number of carbonyl (C=O) groups excluding carboxylic acids is 2. The van der Waals surface area contributed by atoms with Crippen molar-refractivity contribution in [1.29, 1.82) is 0 Å². The predicted octanol–water partition coefficient (Wildman–Crippen LogP) is 7.10. The van der Waals surface area contributed by atoms with Crippen molar-refractivity contribution in [2.75, 3.05) is 23.4 Å². The Hall–Kier alpha value is -5.97. The van der Waals surface area contributed by atoms with Gasteiger partial charge in [0.15, 0.2) is 0 Å². The molecule has 1 saturated heterocycles. The van der Waals surface area contributed by atoms with Crippen molar-refractivity contribution in [2.45, 2.75) is 56.3 Å². The fraction of sp³-hybridized carbons (Fsp3) is 0.250. The molecule has 4 amide bonds. The van der Waals surface area contributed by atoms with Gasteiger partial charge in [-0.3, -0.25) is 9.69 Å². The highest BCUT2D eigenvalue weighted by atomic mass is 16.5. The van der Waals surface area contributed by atoms with Crippen molar-refractivity contribution < 1.29 is 24.2 Å². The van der Waals surface area contributed by atoms with Gasteiger partial charge < -0.3 is 31.5 Å². The second-order valence-corrected chi connectivity index (χ2v) is 13.5. The molecule has 0 spiro atoms. The van der Waals surface area contributed by atoms with Gasteiger partial charge in [0.05, 0.1) is 19.3 Å². The third kappa shape index (κ3) is 10.1. The van der Waals surface area contributed by atoms with Crippen LogP contribution in [-0.2, 0) is 28.9 Å². The number of ether oxygens (including phenoxy) is 1. The highest BCUT2D eigenvalue weighted by molar-refractivity contribution is 5.98. The maximum atomic E-state index is 14.0. The number of benzene rings is 5. The van der Waals surface area contributed by atoms with Crippen LogP contribution in [0.15, 0.2) is 140 Å². The molecule has 54 heavy (non-hydrogen) atoms. The summed E-state index contributed by atoms with van der Waals surface area (Å²) in [5.41, 5.74) is 11.9. The summed E-state index contributed by atoms with van der Waals surface area (Å²) in [5, 5.41) is 19.0. The number of aryl methyl sites for hydroxylation is 2. The molecular formula is C44H47N5O5. The number of urea groups is 1. The van der Waals surface area contributed by atoms with Crippen molar-refractivity contribution in [3.8, 4) is 0 Å². The number of para-hydroxylation sites is 2. The lowest BCUT2D eigenvalue weighted by molar-refractivity contribution is -0.118. The molecule has 10 nitrogen and oxygen atoms in total. The van der Waals surface area contributed by atoms with E-state index in [0.29, 0.717) is 31.8 Å². The Bertz CT molecular complexity index is 1930. The molecule has 0 saturated carbocycles. The first-order valence-corrected chi connectivity index (χ1v) is 18.4. The Kier molecular flexibility index (Phi) is 13.1. The van der Waals surface area contributed by atoms with E-state index < -0.39 is 30.0 Å². The van der Waals surface area contributed by atoms with Crippen LogP contribution < -0.4 is 26.6 Å². The van der Waals surface area contributed by atoms with Gasteiger partial charge in [0.2, 0.25) is 5.91 Å². The summed E-state index contributed by atoms with van der Waals surface area (Å²) in [7, 11) is 0. The summed E-state index contributed by atoms with van der Waals surface area (Å²) in [6.07, 6.45) is 1.67. The zero-order valence-electron chi connectivity index (χ0n) is 30.1. The van der Waals surface area contributed by atoms with E-state index in [9.17, 15) is 19.5 Å². The average molecular weight is 726 g/mol. The second-order valence-electron chi connectivity index (χ2n) is 13.5. The van der Waals surface area contributed by atoms with E-state index in [1.807, 2.05) is 140 Å². The van der Waals surface area contributed by atoms with Gasteiger partial charge >= 0.3 is 12.1 Å². The third-order valence-corrected chi connectivity index (χ3v) is 9.88. The average Bonchev–Trinajstić information content (AvgIpc) is 3.20. The third-order valence-electron chi connectivity index (χ3n) is 9.88. The molecule has 10 heteroatoms. The number of nitrogens with zero attached hydrogens (tertiary/aromatic N) is 1. The molecule has 1 aliphatic heterocycles. The molecular weight excluding hydrogens is 679 g/mol. The van der Waals surface area contributed by atoms with E-state index in [4.69, 9.17) is 10.5 Å². The Morgan fingerprint density at radius 2 is 1.33 bits per heavy atom. The van der Waals surface area contributed by atoms with Crippen LogP contribution in [0, 0.1) is 0 Å². The monoisotopic (exact) mass is 725 g/mol. The Balaban J connectivity index is 1.05.